The van der Waals surface area contributed by atoms with Crippen LogP contribution >= 0.6 is 0 Å². The molecule has 6 rings (SSSR count). The van der Waals surface area contributed by atoms with Gasteiger partial charge in [0.25, 0.3) is 5.91 Å². The maximum absolute atomic E-state index is 13.1. The summed E-state index contributed by atoms with van der Waals surface area (Å²) in [6, 6.07) is 21.3. The van der Waals surface area contributed by atoms with E-state index in [1.54, 1.807) is 0 Å². The van der Waals surface area contributed by atoms with E-state index in [1.165, 1.54) is 12.8 Å². The van der Waals surface area contributed by atoms with Crippen LogP contribution in [0.1, 0.15) is 42.7 Å². The number of carbonyl (C=O) groups is 1. The Morgan fingerprint density at radius 3 is 2.23 bits per heavy atom. The third-order valence-electron chi connectivity index (χ3n) is 7.77. The molecule has 2 fully saturated rings. The molecule has 0 radical (unpaired) electrons. The van der Waals surface area contributed by atoms with Gasteiger partial charge in [-0.3, -0.25) is 19.7 Å². The Morgan fingerprint density at radius 2 is 1.55 bits per heavy atom. The molecule has 1 aromatic carbocycles. The minimum Gasteiger partial charge on any atom is -0.367 e. The van der Waals surface area contributed by atoms with E-state index in [9.17, 15) is 4.79 Å². The second-order valence-corrected chi connectivity index (χ2v) is 11.2. The van der Waals surface area contributed by atoms with Gasteiger partial charge in [-0.05, 0) is 87.2 Å². The molecule has 3 aromatic heterocycles. The van der Waals surface area contributed by atoms with Crippen molar-refractivity contribution in [3.8, 4) is 33.6 Å². The van der Waals surface area contributed by atoms with Gasteiger partial charge in [-0.2, -0.15) is 0 Å². The summed E-state index contributed by atoms with van der Waals surface area (Å²) >= 11 is 0. The molecule has 4 heterocycles. The summed E-state index contributed by atoms with van der Waals surface area (Å²) in [5.41, 5.74) is 7.47. The fourth-order valence-electron chi connectivity index (χ4n) is 5.21. The summed E-state index contributed by atoms with van der Waals surface area (Å²) in [5.74, 6) is 0.965. The first-order valence-electron chi connectivity index (χ1n) is 14.2. The number of hydrogen-bond acceptors (Lipinski definition) is 6. The lowest BCUT2D eigenvalue weighted by atomic mass is 10.0. The molecule has 0 bridgehead atoms. The molecule has 1 saturated carbocycles. The molecule has 0 atom stereocenters. The number of anilines is 1. The highest BCUT2D eigenvalue weighted by atomic mass is 16.2. The number of nitrogens with zero attached hydrogens (tertiary/aromatic N) is 5. The highest BCUT2D eigenvalue weighted by molar-refractivity contribution is 5.95. The fraction of sp³-hybridized carbons (Fsp3) is 0.333. The van der Waals surface area contributed by atoms with Gasteiger partial charge in [-0.1, -0.05) is 18.2 Å². The maximum Gasteiger partial charge on any atom is 0.253 e. The first kappa shape index (κ1) is 26.1. The van der Waals surface area contributed by atoms with Crippen molar-refractivity contribution in [2.75, 3.05) is 31.5 Å². The Bertz CT molecular complexity index is 1500. The van der Waals surface area contributed by atoms with Crippen molar-refractivity contribution in [3.05, 3.63) is 84.3 Å². The minimum absolute atomic E-state index is 0.103. The second kappa shape index (κ2) is 11.2. The summed E-state index contributed by atoms with van der Waals surface area (Å²) < 4.78 is 0. The molecule has 4 aromatic rings. The number of pyridine rings is 3. The molecule has 0 unspecified atom stereocenters. The SMILES string of the molecule is Cc1cccc(-c2cc(-c3cncc(-c4ccc(C(=O)N5CCN(C(C)C)CC5)cc4)c3)cc(NC3CC3)n2)n1. The third-order valence-corrected chi connectivity index (χ3v) is 7.77. The largest absolute Gasteiger partial charge is 0.367 e. The van der Waals surface area contributed by atoms with Crippen molar-refractivity contribution in [1.82, 2.24) is 24.8 Å². The summed E-state index contributed by atoms with van der Waals surface area (Å²) in [6.45, 7) is 9.80. The van der Waals surface area contributed by atoms with E-state index in [-0.39, 0.29) is 5.91 Å². The molecule has 1 aliphatic carbocycles. The smallest absolute Gasteiger partial charge is 0.253 e. The van der Waals surface area contributed by atoms with Crippen LogP contribution in [0, 0.1) is 6.92 Å². The number of aryl methyl sites for hydroxylation is 1. The van der Waals surface area contributed by atoms with Gasteiger partial charge in [0.1, 0.15) is 5.82 Å². The van der Waals surface area contributed by atoms with Crippen LogP contribution in [-0.2, 0) is 0 Å². The van der Waals surface area contributed by atoms with E-state index in [4.69, 9.17) is 9.97 Å². The molecule has 1 aliphatic heterocycles. The zero-order chi connectivity index (χ0) is 27.6. The van der Waals surface area contributed by atoms with Crippen molar-refractivity contribution < 1.29 is 4.79 Å². The van der Waals surface area contributed by atoms with Crippen LogP contribution in [0.25, 0.3) is 33.6 Å². The second-order valence-electron chi connectivity index (χ2n) is 11.2. The lowest BCUT2D eigenvalue weighted by Crippen LogP contribution is -2.50. The first-order valence-corrected chi connectivity index (χ1v) is 14.2. The monoisotopic (exact) mass is 532 g/mol. The Hall–Kier alpha value is -4.10. The first-order chi connectivity index (χ1) is 19.4. The van der Waals surface area contributed by atoms with Gasteiger partial charge in [0.05, 0.1) is 11.4 Å². The molecule has 1 N–H and O–H groups in total. The van der Waals surface area contributed by atoms with Crippen LogP contribution in [-0.4, -0.2) is 68.9 Å². The van der Waals surface area contributed by atoms with Crippen LogP contribution < -0.4 is 5.32 Å². The average Bonchev–Trinajstić information content (AvgIpc) is 3.81. The molecule has 2 aliphatic rings. The number of nitrogens with one attached hydrogen (secondary N) is 1. The molecular formula is C33H36N6O. The van der Waals surface area contributed by atoms with E-state index in [2.05, 4.69) is 47.2 Å². The zero-order valence-electron chi connectivity index (χ0n) is 23.5. The third kappa shape index (κ3) is 5.89. The summed E-state index contributed by atoms with van der Waals surface area (Å²) in [4.78, 5) is 31.7. The molecular weight excluding hydrogens is 496 g/mol. The zero-order valence-corrected chi connectivity index (χ0v) is 23.5. The predicted molar refractivity (Wildman–Crippen MR) is 160 cm³/mol. The highest BCUT2D eigenvalue weighted by Gasteiger charge is 2.24. The van der Waals surface area contributed by atoms with Gasteiger partial charge < -0.3 is 10.2 Å². The molecule has 0 spiro atoms. The molecule has 7 nitrogen and oxygen atoms in total. The Morgan fingerprint density at radius 1 is 0.825 bits per heavy atom. The van der Waals surface area contributed by atoms with Gasteiger partial charge in [0.15, 0.2) is 0 Å². The number of piperazine rings is 1. The summed E-state index contributed by atoms with van der Waals surface area (Å²) in [6.07, 6.45) is 6.11. The van der Waals surface area contributed by atoms with Gasteiger partial charge in [-0.25, -0.2) is 4.98 Å². The standard InChI is InChI=1S/C33H36N6O/c1-22(2)38-13-15-39(16-14-38)33(40)25-9-7-24(8-10-25)27-17-28(21-34-20-27)26-18-31(30-6-4-5-23(3)35-30)37-32(19-26)36-29-11-12-29/h4-10,17-22,29H,11-16H2,1-3H3,(H,36,37). The number of hydrogen-bond donors (Lipinski definition) is 1. The van der Waals surface area contributed by atoms with Gasteiger partial charge in [0, 0.05) is 73.0 Å². The number of aromatic nitrogens is 3. The minimum atomic E-state index is 0.103. The maximum atomic E-state index is 13.1. The lowest BCUT2D eigenvalue weighted by Gasteiger charge is -2.37. The molecule has 40 heavy (non-hydrogen) atoms. The van der Waals surface area contributed by atoms with Gasteiger partial charge >= 0.3 is 0 Å². The van der Waals surface area contributed by atoms with Crippen molar-refractivity contribution in [2.24, 2.45) is 0 Å². The number of carbonyl (C=O) groups excluding carboxylic acids is 1. The predicted octanol–water partition coefficient (Wildman–Crippen LogP) is 5.92. The molecule has 1 saturated heterocycles. The molecule has 1 amide bonds. The number of benzene rings is 1. The summed E-state index contributed by atoms with van der Waals surface area (Å²) in [5, 5.41) is 3.55. The van der Waals surface area contributed by atoms with E-state index < -0.39 is 0 Å². The molecule has 204 valence electrons. The normalized spacial score (nSPS) is 15.8. The van der Waals surface area contributed by atoms with Crippen molar-refractivity contribution >= 4 is 11.7 Å². The van der Waals surface area contributed by atoms with E-state index in [1.807, 2.05) is 66.7 Å². The average molecular weight is 533 g/mol. The quantitative estimate of drug-likeness (QED) is 0.318. The highest BCUT2D eigenvalue weighted by Crippen LogP contribution is 2.32. The fourth-order valence-corrected chi connectivity index (χ4v) is 5.21. The van der Waals surface area contributed by atoms with E-state index >= 15 is 0 Å². The van der Waals surface area contributed by atoms with Crippen LogP contribution in [0.15, 0.2) is 73.1 Å². The van der Waals surface area contributed by atoms with E-state index in [0.717, 1.165) is 76.9 Å². The number of amides is 1. The van der Waals surface area contributed by atoms with Gasteiger partial charge in [0.2, 0.25) is 0 Å². The molecule has 7 heteroatoms. The van der Waals surface area contributed by atoms with Crippen LogP contribution in [0.3, 0.4) is 0 Å². The van der Waals surface area contributed by atoms with Crippen LogP contribution in [0.2, 0.25) is 0 Å². The Labute approximate surface area is 236 Å². The van der Waals surface area contributed by atoms with Crippen LogP contribution in [0.5, 0.6) is 0 Å². The lowest BCUT2D eigenvalue weighted by molar-refractivity contribution is 0.0595. The van der Waals surface area contributed by atoms with Crippen molar-refractivity contribution in [3.63, 3.8) is 0 Å². The van der Waals surface area contributed by atoms with Crippen molar-refractivity contribution in [2.45, 2.75) is 45.7 Å². The van der Waals surface area contributed by atoms with Gasteiger partial charge in [-0.15, -0.1) is 0 Å². The number of rotatable bonds is 7. The Kier molecular flexibility index (Phi) is 7.30. The summed E-state index contributed by atoms with van der Waals surface area (Å²) in [7, 11) is 0. The topological polar surface area (TPSA) is 74.2 Å². The Balaban J connectivity index is 1.24. The van der Waals surface area contributed by atoms with E-state index in [0.29, 0.717) is 12.1 Å². The van der Waals surface area contributed by atoms with Crippen LogP contribution in [0.4, 0.5) is 5.82 Å². The van der Waals surface area contributed by atoms with Crippen molar-refractivity contribution in [1.29, 1.82) is 0 Å².